The minimum Gasteiger partial charge on any atom is -0.466 e. The predicted octanol–water partition coefficient (Wildman–Crippen LogP) is 15.3. The van der Waals surface area contributed by atoms with E-state index in [1.807, 2.05) is 0 Å². The zero-order valence-electron chi connectivity index (χ0n) is 39.0. The Balaban J connectivity index is 3.43. The molecule has 0 aliphatic carbocycles. The molecule has 344 valence electrons. The fourth-order valence-electron chi connectivity index (χ4n) is 8.05. The summed E-state index contributed by atoms with van der Waals surface area (Å²) in [5.41, 5.74) is 0. The van der Waals surface area contributed by atoms with Crippen LogP contribution in [0.4, 0.5) is 0 Å². The summed E-state index contributed by atoms with van der Waals surface area (Å²) in [7, 11) is 0. The molecule has 58 heavy (non-hydrogen) atoms. The van der Waals surface area contributed by atoms with E-state index in [9.17, 15) is 19.8 Å². The van der Waals surface area contributed by atoms with Gasteiger partial charge in [0.1, 0.15) is 0 Å². The van der Waals surface area contributed by atoms with Crippen LogP contribution in [0.2, 0.25) is 0 Å². The summed E-state index contributed by atoms with van der Waals surface area (Å²) in [4.78, 5) is 24.4. The van der Waals surface area contributed by atoms with Crippen molar-refractivity contribution in [1.29, 1.82) is 0 Å². The number of amides is 1. The first-order valence-electron chi connectivity index (χ1n) is 25.9. The average Bonchev–Trinajstić information content (AvgIpc) is 3.22. The van der Waals surface area contributed by atoms with Gasteiger partial charge in [-0.15, -0.1) is 0 Å². The lowest BCUT2D eigenvalue weighted by atomic mass is 10.0. The van der Waals surface area contributed by atoms with Crippen LogP contribution in [0.3, 0.4) is 0 Å². The van der Waals surface area contributed by atoms with Crippen molar-refractivity contribution in [3.8, 4) is 0 Å². The van der Waals surface area contributed by atoms with Gasteiger partial charge in [0.15, 0.2) is 0 Å². The Morgan fingerprint density at radius 2 is 0.810 bits per heavy atom. The van der Waals surface area contributed by atoms with Gasteiger partial charge in [0, 0.05) is 12.8 Å². The number of ether oxygens (including phenoxy) is 1. The molecule has 2 atom stereocenters. The molecule has 0 bridgehead atoms. The summed E-state index contributed by atoms with van der Waals surface area (Å²) < 4.78 is 5.46. The maximum Gasteiger partial charge on any atom is 0.305 e. The van der Waals surface area contributed by atoms with Gasteiger partial charge in [-0.25, -0.2) is 0 Å². The van der Waals surface area contributed by atoms with Gasteiger partial charge in [0.05, 0.1) is 25.4 Å². The Labute approximate surface area is 361 Å². The highest BCUT2D eigenvalue weighted by molar-refractivity contribution is 5.76. The lowest BCUT2D eigenvalue weighted by Crippen LogP contribution is -2.45. The molecular weight excluding hydrogens is 719 g/mol. The third-order valence-electron chi connectivity index (χ3n) is 12.1. The van der Waals surface area contributed by atoms with Gasteiger partial charge >= 0.3 is 5.97 Å². The topological polar surface area (TPSA) is 95.9 Å². The summed E-state index contributed by atoms with van der Waals surface area (Å²) in [6, 6.07) is -0.550. The Bertz CT molecular complexity index is 863. The van der Waals surface area contributed by atoms with E-state index in [4.69, 9.17) is 4.74 Å². The van der Waals surface area contributed by atoms with Gasteiger partial charge in [0.2, 0.25) is 5.91 Å². The number of hydrogen-bond acceptors (Lipinski definition) is 5. The van der Waals surface area contributed by atoms with Crippen molar-refractivity contribution in [3.05, 3.63) is 12.2 Å². The summed E-state index contributed by atoms with van der Waals surface area (Å²) in [6.07, 6.45) is 54.7. The molecule has 0 aromatic rings. The van der Waals surface area contributed by atoms with Crippen molar-refractivity contribution in [2.24, 2.45) is 0 Å². The second kappa shape index (κ2) is 48.3. The lowest BCUT2D eigenvalue weighted by molar-refractivity contribution is -0.143. The van der Waals surface area contributed by atoms with Crippen molar-refractivity contribution in [2.75, 3.05) is 13.2 Å². The number of aliphatic hydroxyl groups excluding tert-OH is 2. The summed E-state index contributed by atoms with van der Waals surface area (Å²) in [5, 5.41) is 23.1. The first kappa shape index (κ1) is 56.6. The van der Waals surface area contributed by atoms with E-state index in [1.54, 1.807) is 0 Å². The van der Waals surface area contributed by atoms with Gasteiger partial charge in [-0.1, -0.05) is 231 Å². The maximum atomic E-state index is 12.4. The number of nitrogens with one attached hydrogen (secondary N) is 1. The molecule has 0 saturated carbocycles. The molecule has 6 nitrogen and oxygen atoms in total. The highest BCUT2D eigenvalue weighted by Gasteiger charge is 2.20. The smallest absolute Gasteiger partial charge is 0.305 e. The third-order valence-corrected chi connectivity index (χ3v) is 12.1. The van der Waals surface area contributed by atoms with Gasteiger partial charge < -0.3 is 20.3 Å². The Morgan fingerprint density at radius 3 is 1.22 bits per heavy atom. The number of aliphatic hydroxyl groups is 2. The van der Waals surface area contributed by atoms with Gasteiger partial charge in [0.25, 0.3) is 0 Å². The number of carbonyl (C=O) groups is 2. The van der Waals surface area contributed by atoms with Crippen LogP contribution in [-0.2, 0) is 14.3 Å². The van der Waals surface area contributed by atoms with Crippen LogP contribution < -0.4 is 5.32 Å². The molecular formula is C52H101NO5. The van der Waals surface area contributed by atoms with E-state index in [1.165, 1.54) is 180 Å². The van der Waals surface area contributed by atoms with E-state index < -0.39 is 12.1 Å². The fourth-order valence-corrected chi connectivity index (χ4v) is 8.05. The van der Waals surface area contributed by atoms with Crippen molar-refractivity contribution in [2.45, 2.75) is 296 Å². The second-order valence-corrected chi connectivity index (χ2v) is 17.9. The molecule has 0 heterocycles. The van der Waals surface area contributed by atoms with Crippen LogP contribution in [0.5, 0.6) is 0 Å². The molecule has 0 spiro atoms. The Kier molecular flexibility index (Phi) is 47.1. The molecule has 3 N–H and O–H groups in total. The first-order chi connectivity index (χ1) is 28.5. The van der Waals surface area contributed by atoms with E-state index in [-0.39, 0.29) is 18.5 Å². The van der Waals surface area contributed by atoms with Gasteiger partial charge in [-0.3, -0.25) is 9.59 Å². The van der Waals surface area contributed by atoms with Crippen LogP contribution in [0.15, 0.2) is 12.2 Å². The molecule has 0 saturated heterocycles. The van der Waals surface area contributed by atoms with Crippen LogP contribution >= 0.6 is 0 Å². The molecule has 0 fully saturated rings. The summed E-state index contributed by atoms with van der Waals surface area (Å²) in [5.74, 6) is -0.0581. The normalized spacial score (nSPS) is 12.7. The van der Waals surface area contributed by atoms with Crippen LogP contribution in [0.25, 0.3) is 0 Å². The third kappa shape index (κ3) is 44.2. The fraction of sp³-hybridized carbons (Fsp3) is 0.923. The molecule has 0 aromatic carbocycles. The Morgan fingerprint density at radius 1 is 0.466 bits per heavy atom. The van der Waals surface area contributed by atoms with E-state index in [0.717, 1.165) is 70.6 Å². The van der Waals surface area contributed by atoms with Crippen LogP contribution in [0.1, 0.15) is 284 Å². The minimum atomic E-state index is -0.671. The molecule has 0 aliphatic heterocycles. The number of hydrogen-bond donors (Lipinski definition) is 3. The standard InChI is InChI=1S/C52H101NO5/c1-3-5-7-9-11-13-15-16-17-20-23-26-30-34-38-42-46-52(57)58-47-43-39-35-31-27-24-21-18-19-22-25-29-33-37-41-45-51(56)53-49(48-54)50(55)44-40-36-32-28-14-12-10-8-6-4-2/h21,24,49-50,54-55H,3-20,22-23,25-48H2,1-2H3,(H,53,56)/b24-21-. The quantitative estimate of drug-likeness (QED) is 0.0323. The largest absolute Gasteiger partial charge is 0.466 e. The van der Waals surface area contributed by atoms with Crippen molar-refractivity contribution >= 4 is 11.9 Å². The molecule has 0 aliphatic rings. The van der Waals surface area contributed by atoms with Gasteiger partial charge in [-0.05, 0) is 51.4 Å². The summed E-state index contributed by atoms with van der Waals surface area (Å²) >= 11 is 0. The molecule has 0 rings (SSSR count). The van der Waals surface area contributed by atoms with Crippen molar-refractivity contribution in [3.63, 3.8) is 0 Å². The SMILES string of the molecule is CCCCCCCCCCCCCCCCCCC(=O)OCCCCCC/C=C\CCCCCCCCCC(=O)NC(CO)C(O)CCCCCCCCCCCC. The molecule has 0 aromatic heterocycles. The molecule has 1 amide bonds. The number of unbranched alkanes of at least 4 members (excludes halogenated alkanes) is 35. The molecule has 0 radical (unpaired) electrons. The zero-order chi connectivity index (χ0) is 42.3. The highest BCUT2D eigenvalue weighted by Crippen LogP contribution is 2.16. The maximum absolute atomic E-state index is 12.4. The predicted molar refractivity (Wildman–Crippen MR) is 250 cm³/mol. The lowest BCUT2D eigenvalue weighted by Gasteiger charge is -2.22. The number of esters is 1. The molecule has 2 unspecified atom stereocenters. The molecule has 6 heteroatoms. The monoisotopic (exact) mass is 820 g/mol. The number of carbonyl (C=O) groups excluding carboxylic acids is 2. The van der Waals surface area contributed by atoms with Crippen LogP contribution in [-0.4, -0.2) is 47.4 Å². The number of rotatable bonds is 48. The van der Waals surface area contributed by atoms with Gasteiger partial charge in [-0.2, -0.15) is 0 Å². The Hall–Kier alpha value is -1.40. The first-order valence-corrected chi connectivity index (χ1v) is 25.9. The van der Waals surface area contributed by atoms with E-state index >= 15 is 0 Å². The van der Waals surface area contributed by atoms with Crippen molar-refractivity contribution in [1.82, 2.24) is 5.32 Å². The van der Waals surface area contributed by atoms with E-state index in [2.05, 4.69) is 31.3 Å². The highest BCUT2D eigenvalue weighted by atomic mass is 16.5. The summed E-state index contributed by atoms with van der Waals surface area (Å²) in [6.45, 7) is 4.91. The van der Waals surface area contributed by atoms with Crippen LogP contribution in [0, 0.1) is 0 Å². The average molecular weight is 820 g/mol. The van der Waals surface area contributed by atoms with Crippen molar-refractivity contribution < 1.29 is 24.5 Å². The number of allylic oxidation sites excluding steroid dienone is 2. The second-order valence-electron chi connectivity index (χ2n) is 17.9. The minimum absolute atomic E-state index is 0.00674. The zero-order valence-corrected chi connectivity index (χ0v) is 39.0. The van der Waals surface area contributed by atoms with E-state index in [0.29, 0.717) is 25.9 Å².